The standard InChI is InChI=1S/C12H19N3O4/c1-9-14-11(19-15-9)3-2-10(16)13-8-12(17)4-6-18-7-5-12/h17H,2-8H2,1H3,(H,13,16). The molecule has 2 N–H and O–H groups in total. The second-order valence-corrected chi connectivity index (χ2v) is 4.85. The fraction of sp³-hybridized carbons (Fsp3) is 0.750. The molecule has 0 radical (unpaired) electrons. The van der Waals surface area contributed by atoms with Crippen molar-refractivity contribution in [2.45, 2.75) is 38.2 Å². The van der Waals surface area contributed by atoms with Crippen molar-refractivity contribution in [3.8, 4) is 0 Å². The number of aryl methyl sites for hydroxylation is 2. The van der Waals surface area contributed by atoms with E-state index in [9.17, 15) is 9.90 Å². The number of nitrogens with zero attached hydrogens (tertiary/aromatic N) is 2. The summed E-state index contributed by atoms with van der Waals surface area (Å²) in [5, 5.41) is 16.6. The Bertz CT molecular complexity index is 426. The van der Waals surface area contributed by atoms with E-state index in [1.54, 1.807) is 6.92 Å². The van der Waals surface area contributed by atoms with E-state index in [4.69, 9.17) is 9.26 Å². The van der Waals surface area contributed by atoms with Crippen molar-refractivity contribution in [2.24, 2.45) is 0 Å². The first-order valence-corrected chi connectivity index (χ1v) is 6.43. The number of carbonyl (C=O) groups is 1. The van der Waals surface area contributed by atoms with Crippen molar-refractivity contribution in [2.75, 3.05) is 19.8 Å². The molecule has 2 heterocycles. The zero-order chi connectivity index (χ0) is 13.7. The van der Waals surface area contributed by atoms with Crippen molar-refractivity contribution in [1.82, 2.24) is 15.5 Å². The highest BCUT2D eigenvalue weighted by molar-refractivity contribution is 5.76. The van der Waals surface area contributed by atoms with Gasteiger partial charge in [0.05, 0.1) is 5.60 Å². The molecule has 0 aromatic carbocycles. The molecule has 0 spiro atoms. The molecule has 7 heteroatoms. The van der Waals surface area contributed by atoms with E-state index in [-0.39, 0.29) is 18.9 Å². The minimum absolute atomic E-state index is 0.129. The lowest BCUT2D eigenvalue weighted by Gasteiger charge is -2.32. The van der Waals surface area contributed by atoms with E-state index < -0.39 is 5.60 Å². The Labute approximate surface area is 111 Å². The lowest BCUT2D eigenvalue weighted by molar-refractivity contribution is -0.124. The first-order valence-electron chi connectivity index (χ1n) is 6.43. The molecule has 1 aliphatic rings. The highest BCUT2D eigenvalue weighted by Gasteiger charge is 2.29. The number of carbonyl (C=O) groups excluding carboxylic acids is 1. The summed E-state index contributed by atoms with van der Waals surface area (Å²) in [4.78, 5) is 15.7. The molecular weight excluding hydrogens is 250 g/mol. The van der Waals surface area contributed by atoms with Crippen LogP contribution in [0.15, 0.2) is 4.52 Å². The van der Waals surface area contributed by atoms with Gasteiger partial charge >= 0.3 is 0 Å². The molecule has 1 aromatic rings. The predicted molar refractivity (Wildman–Crippen MR) is 65.4 cm³/mol. The van der Waals surface area contributed by atoms with E-state index in [1.165, 1.54) is 0 Å². The van der Waals surface area contributed by atoms with Crippen molar-refractivity contribution in [3.63, 3.8) is 0 Å². The molecule has 1 aliphatic heterocycles. The van der Waals surface area contributed by atoms with Gasteiger partial charge < -0.3 is 19.7 Å². The van der Waals surface area contributed by atoms with E-state index in [0.717, 1.165) is 0 Å². The minimum Gasteiger partial charge on any atom is -0.388 e. The highest BCUT2D eigenvalue weighted by atomic mass is 16.5. The second kappa shape index (κ2) is 6.12. The van der Waals surface area contributed by atoms with Gasteiger partial charge in [0.15, 0.2) is 5.82 Å². The molecule has 0 unspecified atom stereocenters. The van der Waals surface area contributed by atoms with Gasteiger partial charge in [0.1, 0.15) is 0 Å². The van der Waals surface area contributed by atoms with Crippen LogP contribution >= 0.6 is 0 Å². The maximum atomic E-state index is 11.7. The van der Waals surface area contributed by atoms with Crippen molar-refractivity contribution >= 4 is 5.91 Å². The summed E-state index contributed by atoms with van der Waals surface area (Å²) in [5.41, 5.74) is -0.838. The van der Waals surface area contributed by atoms with Crippen LogP contribution in [0.5, 0.6) is 0 Å². The highest BCUT2D eigenvalue weighted by Crippen LogP contribution is 2.19. The quantitative estimate of drug-likeness (QED) is 0.779. The Hall–Kier alpha value is -1.47. The average Bonchev–Trinajstić information content (AvgIpc) is 2.81. The number of ether oxygens (including phenoxy) is 1. The van der Waals surface area contributed by atoms with Crippen LogP contribution < -0.4 is 5.32 Å². The molecule has 1 amide bonds. The van der Waals surface area contributed by atoms with Gasteiger partial charge in [-0.15, -0.1) is 0 Å². The summed E-state index contributed by atoms with van der Waals surface area (Å²) in [7, 11) is 0. The van der Waals surface area contributed by atoms with Gasteiger partial charge in [-0.25, -0.2) is 0 Å². The molecule has 1 fully saturated rings. The number of amides is 1. The summed E-state index contributed by atoms with van der Waals surface area (Å²) >= 11 is 0. The predicted octanol–water partition coefficient (Wildman–Crippen LogP) is -0.0317. The van der Waals surface area contributed by atoms with Gasteiger partial charge in [0.25, 0.3) is 0 Å². The zero-order valence-electron chi connectivity index (χ0n) is 11.0. The van der Waals surface area contributed by atoms with E-state index in [2.05, 4.69) is 15.5 Å². The van der Waals surface area contributed by atoms with Gasteiger partial charge in [0.2, 0.25) is 11.8 Å². The largest absolute Gasteiger partial charge is 0.388 e. The number of hydrogen-bond donors (Lipinski definition) is 2. The van der Waals surface area contributed by atoms with E-state index in [0.29, 0.717) is 44.2 Å². The maximum Gasteiger partial charge on any atom is 0.227 e. The fourth-order valence-electron chi connectivity index (χ4n) is 1.94. The van der Waals surface area contributed by atoms with Crippen LogP contribution in [0.4, 0.5) is 0 Å². The van der Waals surface area contributed by atoms with Gasteiger partial charge in [-0.1, -0.05) is 5.16 Å². The van der Waals surface area contributed by atoms with Gasteiger partial charge in [-0.3, -0.25) is 4.79 Å². The Balaban J connectivity index is 1.69. The second-order valence-electron chi connectivity index (χ2n) is 4.85. The van der Waals surface area contributed by atoms with Crippen molar-refractivity contribution in [1.29, 1.82) is 0 Å². The monoisotopic (exact) mass is 269 g/mol. The van der Waals surface area contributed by atoms with Crippen LogP contribution in [0.25, 0.3) is 0 Å². The summed E-state index contributed by atoms with van der Waals surface area (Å²) in [5.74, 6) is 0.889. The average molecular weight is 269 g/mol. The topological polar surface area (TPSA) is 97.5 Å². The molecule has 0 bridgehead atoms. The van der Waals surface area contributed by atoms with Crippen LogP contribution in [0, 0.1) is 6.92 Å². The third kappa shape index (κ3) is 4.29. The number of rotatable bonds is 5. The Morgan fingerprint density at radius 2 is 2.21 bits per heavy atom. The smallest absolute Gasteiger partial charge is 0.227 e. The fourth-order valence-corrected chi connectivity index (χ4v) is 1.94. The molecular formula is C12H19N3O4. The van der Waals surface area contributed by atoms with Crippen molar-refractivity contribution < 1.29 is 19.2 Å². The number of aliphatic hydroxyl groups is 1. The van der Waals surface area contributed by atoms with Crippen LogP contribution in [-0.2, 0) is 16.0 Å². The molecule has 19 heavy (non-hydrogen) atoms. The van der Waals surface area contributed by atoms with E-state index in [1.807, 2.05) is 0 Å². The number of nitrogens with one attached hydrogen (secondary N) is 1. The summed E-state index contributed by atoms with van der Waals surface area (Å²) in [6.45, 7) is 3.06. The Kier molecular flexibility index (Phi) is 4.49. The molecule has 0 saturated carbocycles. The normalized spacial score (nSPS) is 18.2. The first-order chi connectivity index (χ1) is 9.07. The molecule has 7 nitrogen and oxygen atoms in total. The summed E-state index contributed by atoms with van der Waals surface area (Å²) in [6.07, 6.45) is 1.79. The van der Waals surface area contributed by atoms with Crippen LogP contribution in [0.1, 0.15) is 31.0 Å². The zero-order valence-corrected chi connectivity index (χ0v) is 11.0. The Morgan fingerprint density at radius 1 is 1.47 bits per heavy atom. The van der Waals surface area contributed by atoms with Crippen LogP contribution in [0.2, 0.25) is 0 Å². The summed E-state index contributed by atoms with van der Waals surface area (Å²) in [6, 6.07) is 0. The summed E-state index contributed by atoms with van der Waals surface area (Å²) < 4.78 is 10.1. The molecule has 2 rings (SSSR count). The molecule has 0 aliphatic carbocycles. The SMILES string of the molecule is Cc1noc(CCC(=O)NCC2(O)CCOCC2)n1. The van der Waals surface area contributed by atoms with E-state index >= 15 is 0 Å². The van der Waals surface area contributed by atoms with Crippen LogP contribution in [-0.4, -0.2) is 46.5 Å². The van der Waals surface area contributed by atoms with Crippen LogP contribution in [0.3, 0.4) is 0 Å². The van der Waals surface area contributed by atoms with Gasteiger partial charge in [-0.05, 0) is 6.92 Å². The molecule has 1 aromatic heterocycles. The lowest BCUT2D eigenvalue weighted by Crippen LogP contribution is -2.46. The first kappa shape index (κ1) is 14.0. The molecule has 1 saturated heterocycles. The van der Waals surface area contributed by atoms with Gasteiger partial charge in [-0.2, -0.15) is 4.98 Å². The number of hydrogen-bond acceptors (Lipinski definition) is 6. The Morgan fingerprint density at radius 3 is 2.84 bits per heavy atom. The molecule has 106 valence electrons. The molecule has 0 atom stereocenters. The lowest BCUT2D eigenvalue weighted by atomic mass is 9.94. The van der Waals surface area contributed by atoms with Gasteiger partial charge in [0, 0.05) is 45.4 Å². The third-order valence-corrected chi connectivity index (χ3v) is 3.17. The van der Waals surface area contributed by atoms with Crippen molar-refractivity contribution in [3.05, 3.63) is 11.7 Å². The minimum atomic E-state index is -0.838. The number of aromatic nitrogens is 2. The third-order valence-electron chi connectivity index (χ3n) is 3.17. The maximum absolute atomic E-state index is 11.7.